The van der Waals surface area contributed by atoms with E-state index in [-0.39, 0.29) is 24.5 Å². The first-order valence-corrected chi connectivity index (χ1v) is 10.5. The second kappa shape index (κ2) is 9.31. The molecule has 3 heterocycles. The van der Waals surface area contributed by atoms with E-state index < -0.39 is 11.9 Å². The third kappa shape index (κ3) is 4.54. The first-order valence-electron chi connectivity index (χ1n) is 10.1. The van der Waals surface area contributed by atoms with Gasteiger partial charge in [0.05, 0.1) is 6.61 Å². The number of rotatable bonds is 7. The number of carbonyl (C=O) groups excluding carboxylic acids is 2. The van der Waals surface area contributed by atoms with Crippen LogP contribution in [0.5, 0.6) is 0 Å². The number of nitrogens with zero attached hydrogens (tertiary/aromatic N) is 5. The van der Waals surface area contributed by atoms with E-state index in [9.17, 15) is 9.59 Å². The molecule has 2 atom stereocenters. The van der Waals surface area contributed by atoms with Crippen molar-refractivity contribution in [1.29, 1.82) is 0 Å². The van der Waals surface area contributed by atoms with E-state index in [1.54, 1.807) is 37.3 Å². The number of esters is 1. The molecule has 3 aromatic rings. The van der Waals surface area contributed by atoms with Crippen LogP contribution >= 0.6 is 11.6 Å². The maximum Gasteiger partial charge on any atom is 0.318 e. The molecule has 0 radical (unpaired) electrons. The number of halogens is 1. The molecule has 1 aliphatic rings. The maximum atomic E-state index is 12.6. The van der Waals surface area contributed by atoms with Crippen molar-refractivity contribution < 1.29 is 18.8 Å². The molecule has 0 saturated carbocycles. The van der Waals surface area contributed by atoms with E-state index in [0.717, 1.165) is 5.56 Å². The number of amides is 1. The van der Waals surface area contributed by atoms with Crippen molar-refractivity contribution in [2.75, 3.05) is 23.4 Å². The highest BCUT2D eigenvalue weighted by atomic mass is 35.5. The number of hydrogen-bond donors (Lipinski definition) is 1. The number of hydrogen-bond acceptors (Lipinski definition) is 9. The second-order valence-corrected chi connectivity index (χ2v) is 7.59. The van der Waals surface area contributed by atoms with Crippen molar-refractivity contribution in [2.45, 2.75) is 26.3 Å². The Kier molecular flexibility index (Phi) is 6.31. The summed E-state index contributed by atoms with van der Waals surface area (Å²) < 4.78 is 10.3. The average molecular weight is 457 g/mol. The number of benzene rings is 1. The molecule has 0 unspecified atom stereocenters. The molecule has 1 fully saturated rings. The molecule has 0 aliphatic carbocycles. The normalized spacial score (nSPS) is 16.8. The van der Waals surface area contributed by atoms with Crippen molar-refractivity contribution in [3.8, 4) is 11.4 Å². The largest absolute Gasteiger partial charge is 0.465 e. The Bertz CT molecular complexity index is 1120. The van der Waals surface area contributed by atoms with Gasteiger partial charge in [-0.25, -0.2) is 4.98 Å². The molecule has 166 valence electrons. The van der Waals surface area contributed by atoms with Crippen LogP contribution < -0.4 is 10.2 Å². The van der Waals surface area contributed by atoms with Crippen LogP contribution in [-0.2, 0) is 14.3 Å². The Morgan fingerprint density at radius 3 is 2.84 bits per heavy atom. The Labute approximate surface area is 188 Å². The standard InChI is InChI=1S/C21H21ClN6O4/c1-3-31-20(30)15-9-11-28(19(15)29)16-8-10-23-21(25-16)24-12(2)18-26-17(27-32-18)13-4-6-14(22)7-5-13/h4-8,10,12,15H,3,9,11H2,1-2H3,(H,23,24,25)/t12-,15+/m0/s1. The van der Waals surface area contributed by atoms with E-state index in [4.69, 9.17) is 20.9 Å². The van der Waals surface area contributed by atoms with Gasteiger partial charge < -0.3 is 14.6 Å². The summed E-state index contributed by atoms with van der Waals surface area (Å²) in [4.78, 5) is 39.1. The molecule has 1 aromatic carbocycles. The summed E-state index contributed by atoms with van der Waals surface area (Å²) in [6.07, 6.45) is 1.92. The third-order valence-electron chi connectivity index (χ3n) is 4.95. The monoisotopic (exact) mass is 456 g/mol. The van der Waals surface area contributed by atoms with Gasteiger partial charge in [0.15, 0.2) is 0 Å². The lowest BCUT2D eigenvalue weighted by molar-refractivity contribution is -0.150. The van der Waals surface area contributed by atoms with E-state index in [0.29, 0.717) is 35.5 Å². The topological polar surface area (TPSA) is 123 Å². The quantitative estimate of drug-likeness (QED) is 0.421. The Balaban J connectivity index is 1.45. The van der Waals surface area contributed by atoms with E-state index in [1.165, 1.54) is 11.1 Å². The molecule has 0 spiro atoms. The van der Waals surface area contributed by atoms with Crippen LogP contribution in [0.15, 0.2) is 41.1 Å². The van der Waals surface area contributed by atoms with E-state index >= 15 is 0 Å². The summed E-state index contributed by atoms with van der Waals surface area (Å²) in [5, 5.41) is 7.72. The van der Waals surface area contributed by atoms with Crippen molar-refractivity contribution in [3.63, 3.8) is 0 Å². The van der Waals surface area contributed by atoms with Gasteiger partial charge in [-0.05, 0) is 50.6 Å². The van der Waals surface area contributed by atoms with Gasteiger partial charge in [-0.1, -0.05) is 16.8 Å². The number of ether oxygens (including phenoxy) is 1. The van der Waals surface area contributed by atoms with Gasteiger partial charge in [0.1, 0.15) is 17.8 Å². The smallest absolute Gasteiger partial charge is 0.318 e. The molecule has 1 saturated heterocycles. The van der Waals surface area contributed by atoms with Gasteiger partial charge in [0.25, 0.3) is 0 Å². The maximum absolute atomic E-state index is 12.6. The van der Waals surface area contributed by atoms with Crippen LogP contribution in [0.2, 0.25) is 5.02 Å². The fourth-order valence-electron chi connectivity index (χ4n) is 3.32. The minimum Gasteiger partial charge on any atom is -0.465 e. The van der Waals surface area contributed by atoms with Gasteiger partial charge >= 0.3 is 5.97 Å². The number of carbonyl (C=O) groups is 2. The lowest BCUT2D eigenvalue weighted by Gasteiger charge is -2.17. The Morgan fingerprint density at radius 2 is 2.09 bits per heavy atom. The minimum absolute atomic E-state index is 0.234. The fourth-order valence-corrected chi connectivity index (χ4v) is 3.45. The summed E-state index contributed by atoms with van der Waals surface area (Å²) >= 11 is 5.92. The minimum atomic E-state index is -0.801. The second-order valence-electron chi connectivity index (χ2n) is 7.15. The predicted octanol–water partition coefficient (Wildman–Crippen LogP) is 3.27. The lowest BCUT2D eigenvalue weighted by Crippen LogP contribution is -2.31. The molecular formula is C21H21ClN6O4. The lowest BCUT2D eigenvalue weighted by atomic mass is 10.1. The van der Waals surface area contributed by atoms with E-state index in [1.807, 2.05) is 6.92 Å². The summed E-state index contributed by atoms with van der Waals surface area (Å²) in [5.74, 6) is -0.159. The van der Waals surface area contributed by atoms with Crippen LogP contribution in [0.4, 0.5) is 11.8 Å². The molecule has 2 aromatic heterocycles. The van der Waals surface area contributed by atoms with Gasteiger partial charge in [0.2, 0.25) is 23.6 Å². The molecule has 11 heteroatoms. The SMILES string of the molecule is CCOC(=O)[C@@H]1CCN(c2ccnc(N[C@@H](C)c3nc(-c4ccc(Cl)cc4)no3)n2)C1=O. The highest BCUT2D eigenvalue weighted by Gasteiger charge is 2.39. The number of aromatic nitrogens is 4. The van der Waals surface area contributed by atoms with E-state index in [2.05, 4.69) is 25.4 Å². The van der Waals surface area contributed by atoms with Crippen molar-refractivity contribution in [2.24, 2.45) is 5.92 Å². The summed E-state index contributed by atoms with van der Waals surface area (Å²) in [6, 6.07) is 8.34. The highest BCUT2D eigenvalue weighted by molar-refractivity contribution is 6.30. The average Bonchev–Trinajstić information content (AvgIpc) is 3.42. The van der Waals surface area contributed by atoms with Gasteiger partial charge in [-0.2, -0.15) is 9.97 Å². The predicted molar refractivity (Wildman–Crippen MR) is 116 cm³/mol. The highest BCUT2D eigenvalue weighted by Crippen LogP contribution is 2.26. The van der Waals surface area contributed by atoms with Gasteiger partial charge in [-0.15, -0.1) is 0 Å². The van der Waals surface area contributed by atoms with Gasteiger partial charge in [-0.3, -0.25) is 14.5 Å². The fraction of sp³-hybridized carbons (Fsp3) is 0.333. The molecular weight excluding hydrogens is 436 g/mol. The van der Waals surface area contributed by atoms with Crippen LogP contribution in [0.3, 0.4) is 0 Å². The van der Waals surface area contributed by atoms with Crippen molar-refractivity contribution >= 4 is 35.2 Å². The molecule has 10 nitrogen and oxygen atoms in total. The van der Waals surface area contributed by atoms with Crippen molar-refractivity contribution in [3.05, 3.63) is 47.4 Å². The zero-order valence-electron chi connectivity index (χ0n) is 17.5. The van der Waals surface area contributed by atoms with Crippen LogP contribution in [-0.4, -0.2) is 45.1 Å². The molecule has 1 N–H and O–H groups in total. The Hall–Kier alpha value is -3.53. The third-order valence-corrected chi connectivity index (χ3v) is 5.21. The molecule has 1 aliphatic heterocycles. The van der Waals surface area contributed by atoms with Crippen LogP contribution in [0.1, 0.15) is 32.2 Å². The number of anilines is 2. The van der Waals surface area contributed by atoms with Gasteiger partial charge in [0, 0.05) is 23.3 Å². The first-order chi connectivity index (χ1) is 15.5. The molecule has 0 bridgehead atoms. The van der Waals surface area contributed by atoms with Crippen LogP contribution in [0, 0.1) is 5.92 Å². The zero-order chi connectivity index (χ0) is 22.7. The molecule has 1 amide bonds. The molecule has 32 heavy (non-hydrogen) atoms. The zero-order valence-corrected chi connectivity index (χ0v) is 18.2. The van der Waals surface area contributed by atoms with Crippen molar-refractivity contribution in [1.82, 2.24) is 20.1 Å². The molecule has 4 rings (SSSR count). The summed E-state index contributed by atoms with van der Waals surface area (Å²) in [7, 11) is 0. The summed E-state index contributed by atoms with van der Waals surface area (Å²) in [5.41, 5.74) is 0.776. The number of nitrogens with one attached hydrogen (secondary N) is 1. The Morgan fingerprint density at radius 1 is 1.31 bits per heavy atom. The first kappa shape index (κ1) is 21.7. The summed E-state index contributed by atoms with van der Waals surface area (Å²) in [6.45, 7) is 4.15. The van der Waals surface area contributed by atoms with Crippen LogP contribution in [0.25, 0.3) is 11.4 Å².